The standard InChI is InChI=1S/C12H24N2O/c1-3-4-7-13-9-12(15)14-8-5-6-11(2)10-14/h11,13H,3-10H2,1-2H3. The molecule has 0 radical (unpaired) electrons. The minimum atomic E-state index is 0.276. The fourth-order valence-electron chi connectivity index (χ4n) is 2.02. The fourth-order valence-corrected chi connectivity index (χ4v) is 2.02. The Bertz CT molecular complexity index is 194. The van der Waals surface area contributed by atoms with Gasteiger partial charge in [-0.1, -0.05) is 20.3 Å². The van der Waals surface area contributed by atoms with Crippen LogP contribution in [-0.2, 0) is 4.79 Å². The SMILES string of the molecule is CCCCNCC(=O)N1CCCC(C)C1. The lowest BCUT2D eigenvalue weighted by atomic mass is 10.0. The molecule has 3 heteroatoms. The van der Waals surface area contributed by atoms with Crippen molar-refractivity contribution in [3.05, 3.63) is 0 Å². The Morgan fingerprint density at radius 1 is 1.53 bits per heavy atom. The number of likely N-dealkylation sites (tertiary alicyclic amines) is 1. The molecule has 1 saturated heterocycles. The summed E-state index contributed by atoms with van der Waals surface area (Å²) >= 11 is 0. The Kier molecular flexibility index (Phi) is 5.69. The molecule has 0 bridgehead atoms. The Morgan fingerprint density at radius 3 is 3.00 bits per heavy atom. The summed E-state index contributed by atoms with van der Waals surface area (Å²) in [6.07, 6.45) is 4.78. The first-order valence-electron chi connectivity index (χ1n) is 6.22. The van der Waals surface area contributed by atoms with Crippen molar-refractivity contribution < 1.29 is 4.79 Å². The lowest BCUT2D eigenvalue weighted by Crippen LogP contribution is -2.43. The third kappa shape index (κ3) is 4.65. The molecule has 1 N–H and O–H groups in total. The third-order valence-electron chi connectivity index (χ3n) is 2.99. The predicted octanol–water partition coefficient (Wildman–Crippen LogP) is 1.63. The molecular weight excluding hydrogens is 188 g/mol. The topological polar surface area (TPSA) is 32.3 Å². The van der Waals surface area contributed by atoms with Crippen LogP contribution < -0.4 is 5.32 Å². The van der Waals surface area contributed by atoms with E-state index in [1.54, 1.807) is 0 Å². The van der Waals surface area contributed by atoms with Gasteiger partial charge in [-0.3, -0.25) is 4.79 Å². The molecule has 0 aromatic carbocycles. The lowest BCUT2D eigenvalue weighted by Gasteiger charge is -2.31. The molecule has 0 aromatic rings. The van der Waals surface area contributed by atoms with Gasteiger partial charge >= 0.3 is 0 Å². The van der Waals surface area contributed by atoms with Crippen LogP contribution >= 0.6 is 0 Å². The second-order valence-corrected chi connectivity index (χ2v) is 4.62. The van der Waals surface area contributed by atoms with Crippen molar-refractivity contribution >= 4 is 5.91 Å². The molecule has 88 valence electrons. The first kappa shape index (κ1) is 12.5. The smallest absolute Gasteiger partial charge is 0.236 e. The van der Waals surface area contributed by atoms with Gasteiger partial charge in [0.05, 0.1) is 6.54 Å². The summed E-state index contributed by atoms with van der Waals surface area (Å²) in [4.78, 5) is 13.8. The Balaban J connectivity index is 2.15. The third-order valence-corrected chi connectivity index (χ3v) is 2.99. The highest BCUT2D eigenvalue weighted by Crippen LogP contribution is 2.14. The minimum absolute atomic E-state index is 0.276. The van der Waals surface area contributed by atoms with E-state index in [0.29, 0.717) is 12.5 Å². The Morgan fingerprint density at radius 2 is 2.33 bits per heavy atom. The number of unbranched alkanes of at least 4 members (excludes halogenated alkanes) is 1. The molecule has 0 saturated carbocycles. The molecule has 1 aliphatic heterocycles. The number of nitrogens with one attached hydrogen (secondary N) is 1. The van der Waals surface area contributed by atoms with Gasteiger partial charge in [0, 0.05) is 13.1 Å². The lowest BCUT2D eigenvalue weighted by molar-refractivity contribution is -0.131. The maximum atomic E-state index is 11.8. The number of carbonyl (C=O) groups is 1. The molecule has 1 aliphatic rings. The van der Waals surface area contributed by atoms with Crippen LogP contribution in [0.4, 0.5) is 0 Å². The molecule has 0 aromatic heterocycles. The average molecular weight is 212 g/mol. The van der Waals surface area contributed by atoms with Crippen LogP contribution in [0.1, 0.15) is 39.5 Å². The number of carbonyl (C=O) groups excluding carboxylic acids is 1. The maximum Gasteiger partial charge on any atom is 0.236 e. The van der Waals surface area contributed by atoms with Crippen molar-refractivity contribution in [3.63, 3.8) is 0 Å². The molecule has 1 amide bonds. The van der Waals surface area contributed by atoms with E-state index in [0.717, 1.165) is 26.1 Å². The molecule has 3 nitrogen and oxygen atoms in total. The molecule has 1 heterocycles. The highest BCUT2D eigenvalue weighted by molar-refractivity contribution is 5.78. The van der Waals surface area contributed by atoms with Gasteiger partial charge < -0.3 is 10.2 Å². The van der Waals surface area contributed by atoms with Gasteiger partial charge in [0.1, 0.15) is 0 Å². The quantitative estimate of drug-likeness (QED) is 0.703. The second kappa shape index (κ2) is 6.83. The largest absolute Gasteiger partial charge is 0.341 e. The summed E-state index contributed by atoms with van der Waals surface area (Å²) in [6, 6.07) is 0. The second-order valence-electron chi connectivity index (χ2n) is 4.62. The number of rotatable bonds is 5. The van der Waals surface area contributed by atoms with E-state index >= 15 is 0 Å². The molecule has 1 rings (SSSR count). The van der Waals surface area contributed by atoms with Crippen LogP contribution in [0.3, 0.4) is 0 Å². The summed E-state index contributed by atoms with van der Waals surface area (Å²) in [6.45, 7) is 7.78. The molecule has 0 aliphatic carbocycles. The minimum Gasteiger partial charge on any atom is -0.341 e. The van der Waals surface area contributed by atoms with Gasteiger partial charge in [-0.05, 0) is 31.7 Å². The Labute approximate surface area is 93.2 Å². The van der Waals surface area contributed by atoms with E-state index in [2.05, 4.69) is 19.2 Å². The van der Waals surface area contributed by atoms with E-state index in [9.17, 15) is 4.79 Å². The van der Waals surface area contributed by atoms with Crippen molar-refractivity contribution in [3.8, 4) is 0 Å². The summed E-state index contributed by atoms with van der Waals surface area (Å²) in [5.74, 6) is 0.955. The molecule has 0 spiro atoms. The van der Waals surface area contributed by atoms with E-state index in [1.807, 2.05) is 4.90 Å². The molecule has 1 atom stereocenters. The predicted molar refractivity (Wildman–Crippen MR) is 62.8 cm³/mol. The van der Waals surface area contributed by atoms with E-state index in [4.69, 9.17) is 0 Å². The monoisotopic (exact) mass is 212 g/mol. The van der Waals surface area contributed by atoms with E-state index in [1.165, 1.54) is 19.3 Å². The highest BCUT2D eigenvalue weighted by Gasteiger charge is 2.19. The zero-order valence-electron chi connectivity index (χ0n) is 10.1. The van der Waals surface area contributed by atoms with Crippen molar-refractivity contribution in [2.24, 2.45) is 5.92 Å². The summed E-state index contributed by atoms with van der Waals surface area (Å²) in [5, 5.41) is 3.21. The van der Waals surface area contributed by atoms with Crippen molar-refractivity contribution in [1.82, 2.24) is 10.2 Å². The van der Waals surface area contributed by atoms with Crippen molar-refractivity contribution in [1.29, 1.82) is 0 Å². The normalized spacial score (nSPS) is 21.7. The van der Waals surface area contributed by atoms with Crippen LogP contribution in [0.2, 0.25) is 0 Å². The summed E-state index contributed by atoms with van der Waals surface area (Å²) in [5.41, 5.74) is 0. The summed E-state index contributed by atoms with van der Waals surface area (Å²) in [7, 11) is 0. The number of hydrogen-bond acceptors (Lipinski definition) is 2. The zero-order chi connectivity index (χ0) is 11.1. The van der Waals surface area contributed by atoms with Gasteiger partial charge in [-0.25, -0.2) is 0 Å². The molecule has 1 unspecified atom stereocenters. The van der Waals surface area contributed by atoms with Gasteiger partial charge in [-0.15, -0.1) is 0 Å². The fraction of sp³-hybridized carbons (Fsp3) is 0.917. The first-order chi connectivity index (χ1) is 7.24. The van der Waals surface area contributed by atoms with Gasteiger partial charge in [0.2, 0.25) is 5.91 Å². The van der Waals surface area contributed by atoms with Crippen molar-refractivity contribution in [2.45, 2.75) is 39.5 Å². The average Bonchev–Trinajstić information content (AvgIpc) is 2.24. The van der Waals surface area contributed by atoms with Crippen LogP contribution in [0.5, 0.6) is 0 Å². The van der Waals surface area contributed by atoms with Crippen LogP contribution in [0.15, 0.2) is 0 Å². The highest BCUT2D eigenvalue weighted by atomic mass is 16.2. The van der Waals surface area contributed by atoms with Gasteiger partial charge in [-0.2, -0.15) is 0 Å². The van der Waals surface area contributed by atoms with Crippen LogP contribution in [0.25, 0.3) is 0 Å². The summed E-state index contributed by atoms with van der Waals surface area (Å²) < 4.78 is 0. The van der Waals surface area contributed by atoms with E-state index < -0.39 is 0 Å². The number of piperidine rings is 1. The molecular formula is C12H24N2O. The van der Waals surface area contributed by atoms with E-state index in [-0.39, 0.29) is 5.91 Å². The zero-order valence-corrected chi connectivity index (χ0v) is 10.1. The number of nitrogens with zero attached hydrogens (tertiary/aromatic N) is 1. The van der Waals surface area contributed by atoms with Crippen molar-refractivity contribution in [2.75, 3.05) is 26.2 Å². The molecule has 15 heavy (non-hydrogen) atoms. The Hall–Kier alpha value is -0.570. The van der Waals surface area contributed by atoms with Gasteiger partial charge in [0.15, 0.2) is 0 Å². The van der Waals surface area contributed by atoms with Crippen LogP contribution in [0, 0.1) is 5.92 Å². The maximum absolute atomic E-state index is 11.8. The first-order valence-corrected chi connectivity index (χ1v) is 6.22. The van der Waals surface area contributed by atoms with Gasteiger partial charge in [0.25, 0.3) is 0 Å². The van der Waals surface area contributed by atoms with Crippen LogP contribution in [-0.4, -0.2) is 37.0 Å². The molecule has 1 fully saturated rings. The number of amides is 1. The number of hydrogen-bond donors (Lipinski definition) is 1.